The van der Waals surface area contributed by atoms with Crippen LogP contribution < -0.4 is 0 Å². The monoisotopic (exact) mass is 234 g/mol. The van der Waals surface area contributed by atoms with Gasteiger partial charge in [0.15, 0.2) is 0 Å². The molecule has 0 atom stereocenters. The highest BCUT2D eigenvalue weighted by Crippen LogP contribution is 2.09. The van der Waals surface area contributed by atoms with Crippen LogP contribution in [0.15, 0.2) is 29.2 Å². The van der Waals surface area contributed by atoms with Gasteiger partial charge >= 0.3 is 0 Å². The highest BCUT2D eigenvalue weighted by Gasteiger charge is 2.06. The van der Waals surface area contributed by atoms with Gasteiger partial charge in [-0.1, -0.05) is 0 Å². The Morgan fingerprint density at radius 3 is 3.06 bits per heavy atom. The van der Waals surface area contributed by atoms with E-state index >= 15 is 0 Å². The first-order valence-corrected chi connectivity index (χ1v) is 6.19. The Balaban J connectivity index is 1.82. The van der Waals surface area contributed by atoms with Gasteiger partial charge in [-0.25, -0.2) is 4.98 Å². The van der Waals surface area contributed by atoms with Crippen LogP contribution in [0.5, 0.6) is 0 Å². The molecule has 84 valence electrons. The molecule has 0 aliphatic carbocycles. The SMILES string of the molecule is Cn1ccnc1CCC(=O)Cc1ccsc1. The Morgan fingerprint density at radius 1 is 1.56 bits per heavy atom. The molecule has 0 radical (unpaired) electrons. The molecule has 16 heavy (non-hydrogen) atoms. The molecule has 2 aromatic heterocycles. The van der Waals surface area contributed by atoms with Gasteiger partial charge in [-0.05, 0) is 22.4 Å². The Hall–Kier alpha value is -1.42. The molecule has 0 aliphatic rings. The van der Waals surface area contributed by atoms with Gasteiger partial charge in [0, 0.05) is 38.7 Å². The summed E-state index contributed by atoms with van der Waals surface area (Å²) in [5.74, 6) is 1.25. The standard InChI is InChI=1S/C12H14N2OS/c1-14-6-5-13-12(14)3-2-11(15)8-10-4-7-16-9-10/h4-7,9H,2-3,8H2,1H3. The number of carbonyl (C=O) groups is 1. The lowest BCUT2D eigenvalue weighted by Crippen LogP contribution is -2.06. The van der Waals surface area contributed by atoms with E-state index in [1.54, 1.807) is 17.5 Å². The average Bonchev–Trinajstić information content (AvgIpc) is 2.87. The molecule has 0 aromatic carbocycles. The fourth-order valence-corrected chi connectivity index (χ4v) is 2.27. The fraction of sp³-hybridized carbons (Fsp3) is 0.333. The van der Waals surface area contributed by atoms with Gasteiger partial charge in [0.25, 0.3) is 0 Å². The summed E-state index contributed by atoms with van der Waals surface area (Å²) in [6.45, 7) is 0. The van der Waals surface area contributed by atoms with E-state index in [1.165, 1.54) is 0 Å². The summed E-state index contributed by atoms with van der Waals surface area (Å²) >= 11 is 1.63. The Kier molecular flexibility index (Phi) is 3.51. The van der Waals surface area contributed by atoms with Crippen molar-refractivity contribution in [1.82, 2.24) is 9.55 Å². The van der Waals surface area contributed by atoms with E-state index in [-0.39, 0.29) is 5.78 Å². The van der Waals surface area contributed by atoms with Gasteiger partial charge in [-0.3, -0.25) is 4.79 Å². The van der Waals surface area contributed by atoms with Crippen molar-refractivity contribution in [2.75, 3.05) is 0 Å². The molecule has 2 aromatic rings. The maximum absolute atomic E-state index is 11.7. The molecule has 2 rings (SSSR count). The lowest BCUT2D eigenvalue weighted by atomic mass is 10.1. The van der Waals surface area contributed by atoms with Gasteiger partial charge in [0.1, 0.15) is 11.6 Å². The van der Waals surface area contributed by atoms with E-state index in [0.29, 0.717) is 12.8 Å². The molecule has 0 amide bonds. The van der Waals surface area contributed by atoms with Crippen molar-refractivity contribution in [3.8, 4) is 0 Å². The molecule has 0 saturated carbocycles. The zero-order chi connectivity index (χ0) is 11.4. The third-order valence-corrected chi connectivity index (χ3v) is 3.26. The van der Waals surface area contributed by atoms with Crippen LogP contribution in [-0.2, 0) is 24.7 Å². The summed E-state index contributed by atoms with van der Waals surface area (Å²) in [6, 6.07) is 2.00. The number of Topliss-reactive ketones (excluding diaryl/α,β-unsaturated/α-hetero) is 1. The number of rotatable bonds is 5. The molecule has 0 saturated heterocycles. The highest BCUT2D eigenvalue weighted by atomic mass is 32.1. The van der Waals surface area contributed by atoms with Crippen molar-refractivity contribution in [3.05, 3.63) is 40.6 Å². The summed E-state index contributed by atoms with van der Waals surface area (Å²) in [4.78, 5) is 15.9. The zero-order valence-electron chi connectivity index (χ0n) is 9.22. The maximum atomic E-state index is 11.7. The largest absolute Gasteiger partial charge is 0.338 e. The van der Waals surface area contributed by atoms with Gasteiger partial charge < -0.3 is 4.57 Å². The number of imidazole rings is 1. The minimum absolute atomic E-state index is 0.279. The third kappa shape index (κ3) is 2.79. The van der Waals surface area contributed by atoms with Crippen LogP contribution in [0.4, 0.5) is 0 Å². The summed E-state index contributed by atoms with van der Waals surface area (Å²) in [6.07, 6.45) is 5.51. The Morgan fingerprint density at radius 2 is 2.44 bits per heavy atom. The summed E-state index contributed by atoms with van der Waals surface area (Å²) in [7, 11) is 1.95. The first-order chi connectivity index (χ1) is 7.75. The summed E-state index contributed by atoms with van der Waals surface area (Å²) < 4.78 is 1.96. The van der Waals surface area contributed by atoms with Gasteiger partial charge in [0.05, 0.1) is 0 Å². The molecule has 0 bridgehead atoms. The topological polar surface area (TPSA) is 34.9 Å². The molecule has 2 heterocycles. The van der Waals surface area contributed by atoms with Crippen LogP contribution >= 0.6 is 11.3 Å². The second-order valence-corrected chi connectivity index (χ2v) is 4.58. The van der Waals surface area contributed by atoms with Gasteiger partial charge in [-0.15, -0.1) is 0 Å². The summed E-state index contributed by atoms with van der Waals surface area (Å²) in [5.41, 5.74) is 1.12. The number of hydrogen-bond acceptors (Lipinski definition) is 3. The predicted octanol–water partition coefficient (Wildman–Crippen LogP) is 2.23. The number of aromatic nitrogens is 2. The normalized spacial score (nSPS) is 10.6. The minimum atomic E-state index is 0.279. The smallest absolute Gasteiger partial charge is 0.137 e. The molecular formula is C12H14N2OS. The van der Waals surface area contributed by atoms with Crippen LogP contribution in [0, 0.1) is 0 Å². The third-order valence-electron chi connectivity index (χ3n) is 2.53. The van der Waals surface area contributed by atoms with E-state index in [1.807, 2.05) is 34.6 Å². The van der Waals surface area contributed by atoms with Crippen molar-refractivity contribution >= 4 is 17.1 Å². The van der Waals surface area contributed by atoms with E-state index in [4.69, 9.17) is 0 Å². The quantitative estimate of drug-likeness (QED) is 0.795. The molecule has 0 spiro atoms. The first-order valence-electron chi connectivity index (χ1n) is 5.24. The highest BCUT2D eigenvalue weighted by molar-refractivity contribution is 7.07. The maximum Gasteiger partial charge on any atom is 0.137 e. The van der Waals surface area contributed by atoms with Crippen molar-refractivity contribution in [2.45, 2.75) is 19.3 Å². The van der Waals surface area contributed by atoms with Crippen molar-refractivity contribution in [2.24, 2.45) is 7.05 Å². The Labute approximate surface area is 98.8 Å². The average molecular weight is 234 g/mol. The summed E-state index contributed by atoms with van der Waals surface area (Å²) in [5, 5.41) is 4.03. The van der Waals surface area contributed by atoms with E-state index in [2.05, 4.69) is 4.98 Å². The molecule has 3 nitrogen and oxygen atoms in total. The van der Waals surface area contributed by atoms with E-state index in [9.17, 15) is 4.79 Å². The number of thiophene rings is 1. The van der Waals surface area contributed by atoms with Crippen LogP contribution in [0.25, 0.3) is 0 Å². The molecule has 0 fully saturated rings. The van der Waals surface area contributed by atoms with Gasteiger partial charge in [0.2, 0.25) is 0 Å². The molecule has 4 heteroatoms. The molecular weight excluding hydrogens is 220 g/mol. The van der Waals surface area contributed by atoms with Crippen LogP contribution in [0.3, 0.4) is 0 Å². The number of aryl methyl sites for hydroxylation is 2. The number of hydrogen-bond donors (Lipinski definition) is 0. The Bertz CT molecular complexity index is 459. The van der Waals surface area contributed by atoms with E-state index in [0.717, 1.165) is 17.8 Å². The second kappa shape index (κ2) is 5.07. The molecule has 0 unspecified atom stereocenters. The molecule has 0 N–H and O–H groups in total. The number of carbonyl (C=O) groups excluding carboxylic acids is 1. The molecule has 0 aliphatic heterocycles. The van der Waals surface area contributed by atoms with Crippen molar-refractivity contribution in [1.29, 1.82) is 0 Å². The fourth-order valence-electron chi connectivity index (χ4n) is 1.60. The van der Waals surface area contributed by atoms with Crippen LogP contribution in [0.2, 0.25) is 0 Å². The van der Waals surface area contributed by atoms with E-state index < -0.39 is 0 Å². The lowest BCUT2D eigenvalue weighted by Gasteiger charge is -2.00. The van der Waals surface area contributed by atoms with Gasteiger partial charge in [-0.2, -0.15) is 11.3 Å². The first kappa shape index (κ1) is 11.1. The van der Waals surface area contributed by atoms with Crippen molar-refractivity contribution in [3.63, 3.8) is 0 Å². The van der Waals surface area contributed by atoms with Crippen molar-refractivity contribution < 1.29 is 4.79 Å². The predicted molar refractivity (Wildman–Crippen MR) is 64.6 cm³/mol. The lowest BCUT2D eigenvalue weighted by molar-refractivity contribution is -0.118. The van der Waals surface area contributed by atoms with Crippen LogP contribution in [-0.4, -0.2) is 15.3 Å². The van der Waals surface area contributed by atoms with Crippen LogP contribution in [0.1, 0.15) is 17.8 Å². The number of nitrogens with zero attached hydrogens (tertiary/aromatic N) is 2. The zero-order valence-corrected chi connectivity index (χ0v) is 10.0. The minimum Gasteiger partial charge on any atom is -0.338 e. The second-order valence-electron chi connectivity index (χ2n) is 3.80. The number of ketones is 1.